The number of hydrogen-bond acceptors (Lipinski definition) is 4. The smallest absolute Gasteiger partial charge is 0.0815 e. The first kappa shape index (κ1) is 82.0. The van der Waals surface area contributed by atoms with Crippen molar-refractivity contribution in [2.75, 3.05) is 0 Å². The molecule has 8 heteroatoms. The van der Waals surface area contributed by atoms with Gasteiger partial charge in [0.2, 0.25) is 0 Å². The summed E-state index contributed by atoms with van der Waals surface area (Å²) in [6, 6.07) is 57.4. The lowest BCUT2D eigenvalue weighted by molar-refractivity contribution is 0.568. The third kappa shape index (κ3) is 16.8. The van der Waals surface area contributed by atoms with E-state index in [9.17, 15) is 0 Å². The van der Waals surface area contributed by atoms with Gasteiger partial charge in [0.15, 0.2) is 0 Å². The van der Waals surface area contributed by atoms with Crippen LogP contribution in [0.15, 0.2) is 152 Å². The van der Waals surface area contributed by atoms with Gasteiger partial charge in [-0.2, -0.15) is 0 Å². The normalized spacial score (nSPS) is 13.4. The van der Waals surface area contributed by atoms with Crippen LogP contribution in [-0.2, 0) is 49.7 Å². The predicted molar refractivity (Wildman–Crippen MR) is 508 cm³/mol. The number of aryl methyl sites for hydroxylation is 1. The van der Waals surface area contributed by atoms with Crippen molar-refractivity contribution in [3.63, 3.8) is 0 Å². The van der Waals surface area contributed by atoms with Crippen LogP contribution in [0.25, 0.3) is 148 Å². The molecule has 4 aliphatic heterocycles. The zero-order valence-corrected chi connectivity index (χ0v) is 74.9. The molecular formula is C110H122N8. The van der Waals surface area contributed by atoms with Gasteiger partial charge in [0.05, 0.1) is 67.7 Å². The summed E-state index contributed by atoms with van der Waals surface area (Å²) < 4.78 is 0. The van der Waals surface area contributed by atoms with E-state index in [0.29, 0.717) is 0 Å². The first-order valence-electron chi connectivity index (χ1n) is 43.0. The fourth-order valence-corrected chi connectivity index (χ4v) is 16.5. The molecule has 11 aromatic rings. The SMILES string of the molecule is CCCCCCc1c2nc(c(-c3cc(C(C)(C)C)cc(C(C)(C)C)c3)c3ccc([nH]3)c(C#Cc3c4nc(c(-c5cc(C(C)(C)C)cc(C(C)(C)C)c5)c5ccc([nH]5)c(-c5ccccc5)c5nc(c(-c6cc(C(C)(C)C)cc(C(C)(C)C)c6)c6ccc3[nH]6)C=C5)C=C4)c3nc(c(-c4cc(C(C)(C)C)cc(C(C)(C)C)c4)c4ccc1[nH]4)C=C3)C=C2. The molecule has 6 aromatic heterocycles. The highest BCUT2D eigenvalue weighted by Gasteiger charge is 2.30. The topological polar surface area (TPSA) is 115 Å². The van der Waals surface area contributed by atoms with Gasteiger partial charge in [-0.25, -0.2) is 19.9 Å². The van der Waals surface area contributed by atoms with E-state index in [1.807, 2.05) is 0 Å². The van der Waals surface area contributed by atoms with Gasteiger partial charge in [-0.1, -0.05) is 307 Å². The molecule has 0 saturated heterocycles. The van der Waals surface area contributed by atoms with Crippen LogP contribution < -0.4 is 0 Å². The minimum absolute atomic E-state index is 0.152. The van der Waals surface area contributed by atoms with E-state index in [2.05, 4.69) is 405 Å². The van der Waals surface area contributed by atoms with E-state index in [4.69, 9.17) is 19.9 Å². The average Bonchev–Trinajstić information content (AvgIpc) is 1.59. The first-order valence-corrected chi connectivity index (χ1v) is 43.0. The van der Waals surface area contributed by atoms with Crippen molar-refractivity contribution in [2.45, 2.75) is 249 Å². The summed E-state index contributed by atoms with van der Waals surface area (Å²) in [6.45, 7) is 57.9. The van der Waals surface area contributed by atoms with Crippen LogP contribution in [-0.4, -0.2) is 39.9 Å². The van der Waals surface area contributed by atoms with Crippen LogP contribution in [0, 0.1) is 11.8 Å². The van der Waals surface area contributed by atoms with Crippen molar-refractivity contribution in [1.29, 1.82) is 0 Å². The van der Waals surface area contributed by atoms with Crippen LogP contribution >= 0.6 is 0 Å². The molecular weight excluding hydrogens is 1430 g/mol. The molecule has 5 aromatic carbocycles. The number of hydrogen-bond donors (Lipinski definition) is 4. The number of fused-ring (bicyclic) bond motifs is 16. The third-order valence-corrected chi connectivity index (χ3v) is 24.1. The second-order valence-corrected chi connectivity index (χ2v) is 41.7. The van der Waals surface area contributed by atoms with Crippen LogP contribution in [0.1, 0.15) is 306 Å². The number of benzene rings is 5. The van der Waals surface area contributed by atoms with Crippen molar-refractivity contribution in [3.05, 3.63) is 258 Å². The summed E-state index contributed by atoms with van der Waals surface area (Å²) in [7, 11) is 0. The summed E-state index contributed by atoms with van der Waals surface area (Å²) in [5.74, 6) is 7.99. The van der Waals surface area contributed by atoms with Crippen LogP contribution in [0.3, 0.4) is 0 Å². The minimum atomic E-state index is -0.166. The van der Waals surface area contributed by atoms with E-state index < -0.39 is 0 Å². The Morgan fingerprint density at radius 1 is 0.237 bits per heavy atom. The lowest BCUT2D eigenvalue weighted by Gasteiger charge is -2.26. The van der Waals surface area contributed by atoms with E-state index in [0.717, 1.165) is 182 Å². The lowest BCUT2D eigenvalue weighted by atomic mass is 9.78. The van der Waals surface area contributed by atoms with Crippen molar-refractivity contribution < 1.29 is 0 Å². The lowest BCUT2D eigenvalue weighted by Crippen LogP contribution is -2.16. The zero-order valence-electron chi connectivity index (χ0n) is 74.9. The van der Waals surface area contributed by atoms with E-state index in [1.165, 1.54) is 56.5 Å². The fourth-order valence-electron chi connectivity index (χ4n) is 16.5. The largest absolute Gasteiger partial charge is 0.355 e. The monoisotopic (exact) mass is 1550 g/mol. The van der Waals surface area contributed by atoms with Gasteiger partial charge in [-0.3, -0.25) is 0 Å². The molecule has 0 unspecified atom stereocenters. The molecule has 15 rings (SSSR count). The number of nitrogens with zero attached hydrogens (tertiary/aromatic N) is 4. The van der Waals surface area contributed by atoms with Gasteiger partial charge in [0.1, 0.15) is 0 Å². The van der Waals surface area contributed by atoms with Gasteiger partial charge >= 0.3 is 0 Å². The molecule has 4 N–H and O–H groups in total. The Balaban J connectivity index is 1.12. The number of H-pyrrole nitrogens is 4. The highest BCUT2D eigenvalue weighted by molar-refractivity contribution is 6.00. The molecule has 0 radical (unpaired) electrons. The quantitative estimate of drug-likeness (QED) is 0.0806. The maximum absolute atomic E-state index is 5.93. The summed E-state index contributed by atoms with van der Waals surface area (Å²) in [4.78, 5) is 39.9. The minimum Gasteiger partial charge on any atom is -0.355 e. The number of rotatable bonds is 10. The summed E-state index contributed by atoms with van der Waals surface area (Å²) in [6.07, 6.45) is 23.1. The van der Waals surface area contributed by atoms with E-state index in [1.54, 1.807) is 0 Å². The Labute approximate surface area is 702 Å². The molecule has 118 heavy (non-hydrogen) atoms. The average molecular weight is 1560 g/mol. The van der Waals surface area contributed by atoms with Crippen LogP contribution in [0.5, 0.6) is 0 Å². The molecule has 10 heterocycles. The Kier molecular flexibility index (Phi) is 21.1. The molecule has 0 spiro atoms. The second kappa shape index (κ2) is 30.3. The molecule has 0 fully saturated rings. The zero-order chi connectivity index (χ0) is 84.3. The molecule has 16 bridgehead atoms. The Bertz CT molecular complexity index is 6130. The number of nitrogens with one attached hydrogen (secondary N) is 4. The van der Waals surface area contributed by atoms with Crippen molar-refractivity contribution in [1.82, 2.24) is 39.9 Å². The Morgan fingerprint density at radius 2 is 0.475 bits per heavy atom. The summed E-state index contributed by atoms with van der Waals surface area (Å²) in [5, 5.41) is 0. The summed E-state index contributed by atoms with van der Waals surface area (Å²) >= 11 is 0. The standard InChI is InChI=1S/C110H122N8/c1-26-27-28-32-35-79-82-38-44-90(111-82)99(67-54-71(103(2,3)4)62-72(55-67)104(5,6)7)92-46-40-84(113-92)80(85-41-47-93(114-85)100(91-45-39-83(79)112-91)68-56-73(105(8,9)10)63-74(57-68)106(11,12)13)36-37-81-86-42-48-94(115-86)101(69-58-75(107(14,15)16)64-76(59-69)108(17,18)19)96-52-50-88(117-96)98(66-33-30-29-31-34-66)89-51-53-97(118-89)102(95-49-43-87(81)116-95)70-60-77(109(20,21)22)65-78(61-70)110(23,24)25/h29-31,33-34,38-65,111,114-115,118H,26-28,32,35H2,1-25H3. The number of aromatic amines is 4. The molecule has 602 valence electrons. The number of unbranched alkanes of at least 4 members (excludes halogenated alkanes) is 3. The molecule has 0 atom stereocenters. The van der Waals surface area contributed by atoms with Gasteiger partial charge < -0.3 is 19.9 Å². The maximum atomic E-state index is 5.93. The highest BCUT2D eigenvalue weighted by Crippen LogP contribution is 2.46. The molecule has 0 amide bonds. The van der Waals surface area contributed by atoms with E-state index in [-0.39, 0.29) is 43.3 Å². The van der Waals surface area contributed by atoms with Crippen molar-refractivity contribution >= 4 is 92.7 Å². The van der Waals surface area contributed by atoms with Gasteiger partial charge in [0.25, 0.3) is 0 Å². The van der Waals surface area contributed by atoms with E-state index >= 15 is 0 Å². The van der Waals surface area contributed by atoms with Crippen molar-refractivity contribution in [3.8, 4) is 67.5 Å². The molecule has 0 saturated carbocycles. The van der Waals surface area contributed by atoms with Crippen LogP contribution in [0.4, 0.5) is 0 Å². The van der Waals surface area contributed by atoms with Gasteiger partial charge in [0, 0.05) is 66.5 Å². The Hall–Kier alpha value is -11.1. The second-order valence-electron chi connectivity index (χ2n) is 41.7. The fraction of sp³-hybridized carbons (Fsp3) is 0.345. The molecule has 8 nitrogen and oxygen atoms in total. The predicted octanol–water partition coefficient (Wildman–Crippen LogP) is 29.9. The van der Waals surface area contributed by atoms with Crippen molar-refractivity contribution in [2.24, 2.45) is 0 Å². The first-order chi connectivity index (χ1) is 55.4. The van der Waals surface area contributed by atoms with Gasteiger partial charge in [-0.15, -0.1) is 0 Å². The highest BCUT2D eigenvalue weighted by atomic mass is 14.8. The van der Waals surface area contributed by atoms with Crippen LogP contribution in [0.2, 0.25) is 0 Å². The van der Waals surface area contributed by atoms with Gasteiger partial charge in [-0.05, 0) is 226 Å². The summed E-state index contributed by atoms with van der Waals surface area (Å²) in [5.41, 5.74) is 35.9. The maximum Gasteiger partial charge on any atom is 0.0815 e. The third-order valence-electron chi connectivity index (χ3n) is 24.1. The molecule has 0 aliphatic carbocycles. The number of aromatic nitrogens is 8. The Morgan fingerprint density at radius 3 is 0.771 bits per heavy atom. The molecule has 4 aliphatic rings.